The fraction of sp³-hybridized carbons (Fsp3) is 0.412. The van der Waals surface area contributed by atoms with Crippen LogP contribution in [0.4, 0.5) is 0 Å². The van der Waals surface area contributed by atoms with Gasteiger partial charge in [0.2, 0.25) is 10.0 Å². The lowest BCUT2D eigenvalue weighted by Crippen LogP contribution is -2.38. The summed E-state index contributed by atoms with van der Waals surface area (Å²) in [6.07, 6.45) is 0. The van der Waals surface area contributed by atoms with Gasteiger partial charge >= 0.3 is 0 Å². The first-order valence-electron chi connectivity index (χ1n) is 7.93. The quantitative estimate of drug-likeness (QED) is 0.653. The van der Waals surface area contributed by atoms with Gasteiger partial charge in [-0.25, -0.2) is 13.1 Å². The summed E-state index contributed by atoms with van der Waals surface area (Å²) in [5, 5.41) is 4.12. The van der Waals surface area contributed by atoms with Crippen LogP contribution in [0.25, 0.3) is 0 Å². The Morgan fingerprint density at radius 2 is 1.83 bits per heavy atom. The first-order valence-corrected chi connectivity index (χ1v) is 11.3. The molecule has 0 amide bonds. The van der Waals surface area contributed by atoms with Crippen LogP contribution >= 0.6 is 27.3 Å². The number of benzene rings is 1. The van der Waals surface area contributed by atoms with Crippen molar-refractivity contribution in [2.24, 2.45) is 0 Å². The van der Waals surface area contributed by atoms with E-state index in [2.05, 4.69) is 50.8 Å². The molecule has 7 heteroatoms. The molecular weight excluding hydrogens is 408 g/mol. The topological polar surface area (TPSA) is 49.4 Å². The third-order valence-corrected chi connectivity index (χ3v) is 6.50. The van der Waals surface area contributed by atoms with Gasteiger partial charge in [-0.1, -0.05) is 41.9 Å². The second kappa shape index (κ2) is 9.10. The molecule has 1 atom stereocenters. The maximum atomic E-state index is 12.4. The lowest BCUT2D eigenvalue weighted by Gasteiger charge is -2.29. The Morgan fingerprint density at radius 1 is 1.17 bits per heavy atom. The minimum absolute atomic E-state index is 0.00507. The molecule has 132 valence electrons. The van der Waals surface area contributed by atoms with Gasteiger partial charge in [0.05, 0.1) is 5.75 Å². The Hall–Kier alpha value is -0.730. The molecule has 4 nitrogen and oxygen atoms in total. The van der Waals surface area contributed by atoms with Crippen molar-refractivity contribution in [3.8, 4) is 0 Å². The molecule has 0 spiro atoms. The van der Waals surface area contributed by atoms with Crippen molar-refractivity contribution in [1.29, 1.82) is 0 Å². The number of hydrogen-bond donors (Lipinski definition) is 1. The Bertz CT molecular complexity index is 712. The smallest absolute Gasteiger partial charge is 0.215 e. The summed E-state index contributed by atoms with van der Waals surface area (Å²) in [7, 11) is -3.37. The van der Waals surface area contributed by atoms with E-state index in [1.165, 1.54) is 0 Å². The molecule has 0 radical (unpaired) electrons. The highest BCUT2D eigenvalue weighted by molar-refractivity contribution is 9.10. The van der Waals surface area contributed by atoms with Crippen LogP contribution in [-0.4, -0.2) is 33.0 Å². The number of nitrogens with one attached hydrogen (secondary N) is 1. The standard InChI is InChI=1S/C17H23BrN2O2S2/c1-3-20(4-2)17(15-9-10-23-12-15)11-19-24(21,22)13-14-5-7-16(18)8-6-14/h5-10,12,17,19H,3-4,11,13H2,1-2H3/t17-/m1/s1. The van der Waals surface area contributed by atoms with Crippen LogP contribution in [0.3, 0.4) is 0 Å². The molecule has 0 saturated heterocycles. The summed E-state index contributed by atoms with van der Waals surface area (Å²) >= 11 is 4.99. The molecule has 0 saturated carbocycles. The predicted octanol–water partition coefficient (Wildman–Crippen LogP) is 4.01. The largest absolute Gasteiger partial charge is 0.296 e. The van der Waals surface area contributed by atoms with Crippen LogP contribution in [0.5, 0.6) is 0 Å². The van der Waals surface area contributed by atoms with Crippen LogP contribution in [-0.2, 0) is 15.8 Å². The zero-order valence-corrected chi connectivity index (χ0v) is 17.1. The fourth-order valence-electron chi connectivity index (χ4n) is 2.64. The van der Waals surface area contributed by atoms with E-state index in [1.807, 2.05) is 29.6 Å². The van der Waals surface area contributed by atoms with Crippen LogP contribution < -0.4 is 4.72 Å². The molecule has 0 aliphatic heterocycles. The summed E-state index contributed by atoms with van der Waals surface area (Å²) in [6.45, 7) is 6.34. The monoisotopic (exact) mass is 430 g/mol. The fourth-order valence-corrected chi connectivity index (χ4v) is 4.76. The molecule has 2 aromatic rings. The highest BCUT2D eigenvalue weighted by Gasteiger charge is 2.21. The number of thiophene rings is 1. The molecule has 0 aliphatic rings. The number of hydrogen-bond acceptors (Lipinski definition) is 4. The lowest BCUT2D eigenvalue weighted by atomic mass is 10.1. The highest BCUT2D eigenvalue weighted by Crippen LogP contribution is 2.22. The number of halogens is 1. The molecule has 24 heavy (non-hydrogen) atoms. The lowest BCUT2D eigenvalue weighted by molar-refractivity contribution is 0.220. The van der Waals surface area contributed by atoms with Gasteiger partial charge in [-0.2, -0.15) is 11.3 Å². The van der Waals surface area contributed by atoms with Gasteiger partial charge in [0, 0.05) is 17.1 Å². The molecule has 1 N–H and O–H groups in total. The van der Waals surface area contributed by atoms with E-state index in [-0.39, 0.29) is 11.8 Å². The minimum atomic E-state index is -3.37. The molecule has 0 unspecified atom stereocenters. The number of sulfonamides is 1. The van der Waals surface area contributed by atoms with Crippen LogP contribution in [0, 0.1) is 0 Å². The molecule has 0 aliphatic carbocycles. The molecule has 2 rings (SSSR count). The molecular formula is C17H23BrN2O2S2. The normalized spacial score (nSPS) is 13.3. The highest BCUT2D eigenvalue weighted by atomic mass is 79.9. The third-order valence-electron chi connectivity index (χ3n) is 3.95. The Labute approximate surface area is 157 Å². The average molecular weight is 431 g/mol. The first kappa shape index (κ1) is 19.6. The van der Waals surface area contributed by atoms with E-state index in [0.29, 0.717) is 6.54 Å². The first-order chi connectivity index (χ1) is 11.4. The summed E-state index contributed by atoms with van der Waals surface area (Å²) in [5.74, 6) is -0.00507. The summed E-state index contributed by atoms with van der Waals surface area (Å²) in [6, 6.07) is 9.49. The van der Waals surface area contributed by atoms with Crippen molar-refractivity contribution in [2.45, 2.75) is 25.6 Å². The maximum absolute atomic E-state index is 12.4. The van der Waals surface area contributed by atoms with Crippen molar-refractivity contribution in [1.82, 2.24) is 9.62 Å². The van der Waals surface area contributed by atoms with E-state index in [4.69, 9.17) is 0 Å². The second-order valence-corrected chi connectivity index (χ2v) is 9.03. The number of likely N-dealkylation sites (N-methyl/N-ethyl adjacent to an activating group) is 1. The van der Waals surface area contributed by atoms with Gasteiger partial charge in [-0.05, 0) is 53.2 Å². The molecule has 1 aromatic heterocycles. The van der Waals surface area contributed by atoms with Gasteiger partial charge in [-0.3, -0.25) is 4.90 Å². The van der Waals surface area contributed by atoms with Gasteiger partial charge in [0.1, 0.15) is 0 Å². The van der Waals surface area contributed by atoms with Gasteiger partial charge in [0.25, 0.3) is 0 Å². The van der Waals surface area contributed by atoms with E-state index in [1.54, 1.807) is 11.3 Å². The zero-order valence-electron chi connectivity index (χ0n) is 13.9. The van der Waals surface area contributed by atoms with Crippen LogP contribution in [0.15, 0.2) is 45.6 Å². The Morgan fingerprint density at radius 3 is 2.38 bits per heavy atom. The van der Waals surface area contributed by atoms with Crippen LogP contribution in [0.2, 0.25) is 0 Å². The molecule has 1 heterocycles. The minimum Gasteiger partial charge on any atom is -0.296 e. The number of nitrogens with zero attached hydrogens (tertiary/aromatic N) is 1. The van der Waals surface area contributed by atoms with Gasteiger partial charge in [-0.15, -0.1) is 0 Å². The van der Waals surface area contributed by atoms with Gasteiger partial charge in [0.15, 0.2) is 0 Å². The van der Waals surface area contributed by atoms with Crippen molar-refractivity contribution in [2.75, 3.05) is 19.6 Å². The zero-order chi connectivity index (χ0) is 17.6. The van der Waals surface area contributed by atoms with E-state index >= 15 is 0 Å². The summed E-state index contributed by atoms with van der Waals surface area (Å²) in [4.78, 5) is 2.27. The van der Waals surface area contributed by atoms with Crippen LogP contribution in [0.1, 0.15) is 31.0 Å². The molecule has 0 fully saturated rings. The predicted molar refractivity (Wildman–Crippen MR) is 105 cm³/mol. The second-order valence-electron chi connectivity index (χ2n) is 5.53. The SMILES string of the molecule is CCN(CC)[C@H](CNS(=O)(=O)Cc1ccc(Br)cc1)c1ccsc1. The van der Waals surface area contributed by atoms with Crippen molar-refractivity contribution in [3.63, 3.8) is 0 Å². The summed E-state index contributed by atoms with van der Waals surface area (Å²) in [5.41, 5.74) is 1.94. The molecule has 0 bridgehead atoms. The van der Waals surface area contributed by atoms with Crippen molar-refractivity contribution in [3.05, 3.63) is 56.7 Å². The Kier molecular flexibility index (Phi) is 7.43. The van der Waals surface area contributed by atoms with E-state index in [9.17, 15) is 8.42 Å². The van der Waals surface area contributed by atoms with E-state index < -0.39 is 10.0 Å². The Balaban J connectivity index is 2.05. The molecule has 1 aromatic carbocycles. The number of rotatable bonds is 9. The average Bonchev–Trinajstić information content (AvgIpc) is 3.07. The third kappa shape index (κ3) is 5.67. The maximum Gasteiger partial charge on any atom is 0.215 e. The van der Waals surface area contributed by atoms with E-state index in [0.717, 1.165) is 28.7 Å². The summed E-state index contributed by atoms with van der Waals surface area (Å²) < 4.78 is 28.6. The van der Waals surface area contributed by atoms with Crippen molar-refractivity contribution < 1.29 is 8.42 Å². The van der Waals surface area contributed by atoms with Crippen molar-refractivity contribution >= 4 is 37.3 Å². The van der Waals surface area contributed by atoms with Gasteiger partial charge < -0.3 is 0 Å².